The average Bonchev–Trinajstić information content (AvgIpc) is 3.23. The van der Waals surface area contributed by atoms with Gasteiger partial charge in [-0.15, -0.1) is 0 Å². The number of aliphatic carboxylic acids is 1. The minimum absolute atomic E-state index is 0.0553. The summed E-state index contributed by atoms with van der Waals surface area (Å²) in [5.41, 5.74) is 2.83. The highest BCUT2D eigenvalue weighted by Gasteiger charge is 2.55. The first kappa shape index (κ1) is 18.7. The van der Waals surface area contributed by atoms with E-state index in [9.17, 15) is 14.7 Å². The van der Waals surface area contributed by atoms with E-state index in [1.807, 2.05) is 29.2 Å². The Kier molecular flexibility index (Phi) is 4.71. The molecule has 0 radical (unpaired) electrons. The lowest BCUT2D eigenvalue weighted by Crippen LogP contribution is -2.55. The molecule has 0 unspecified atom stereocenters. The number of carboxylic acids is 1. The standard InChI is InChI=1S/C21H26N4O3/c1-15-4-3-5-17(10-15)25-14-16(12-22-25)13-24-8-6-21(7-9-24)18(20(27)28)11-19(26)23(21)2/h3-5,10,12,14,18H,6-9,11,13H2,1-2H3,(H,27,28)/t18-/m0/s1. The van der Waals surface area contributed by atoms with Gasteiger partial charge in [0.25, 0.3) is 0 Å². The van der Waals surface area contributed by atoms with Crippen molar-refractivity contribution >= 4 is 11.9 Å². The van der Waals surface area contributed by atoms with Crippen LogP contribution in [0.3, 0.4) is 0 Å². The highest BCUT2D eigenvalue weighted by atomic mass is 16.4. The molecule has 3 heterocycles. The lowest BCUT2D eigenvalue weighted by atomic mass is 9.77. The Balaban J connectivity index is 1.42. The highest BCUT2D eigenvalue weighted by molar-refractivity contribution is 5.88. The fourth-order valence-electron chi connectivity index (χ4n) is 4.69. The van der Waals surface area contributed by atoms with E-state index in [0.717, 1.165) is 30.9 Å². The van der Waals surface area contributed by atoms with Gasteiger partial charge in [-0.1, -0.05) is 12.1 Å². The first-order valence-electron chi connectivity index (χ1n) is 9.71. The van der Waals surface area contributed by atoms with E-state index in [1.165, 1.54) is 5.56 Å². The second-order valence-electron chi connectivity index (χ2n) is 8.06. The molecule has 7 nitrogen and oxygen atoms in total. The summed E-state index contributed by atoms with van der Waals surface area (Å²) in [6, 6.07) is 8.22. The molecule has 28 heavy (non-hydrogen) atoms. The number of carboxylic acid groups (broad SMARTS) is 1. The molecule has 0 aliphatic carbocycles. The van der Waals surface area contributed by atoms with E-state index in [0.29, 0.717) is 12.8 Å². The molecule has 1 amide bonds. The van der Waals surface area contributed by atoms with Crippen molar-refractivity contribution < 1.29 is 14.7 Å². The van der Waals surface area contributed by atoms with Gasteiger partial charge in [-0.05, 0) is 37.5 Å². The number of piperidine rings is 1. The van der Waals surface area contributed by atoms with Gasteiger partial charge in [-0.3, -0.25) is 14.5 Å². The van der Waals surface area contributed by atoms with Crippen LogP contribution in [0.15, 0.2) is 36.7 Å². The van der Waals surface area contributed by atoms with Crippen molar-refractivity contribution in [3.8, 4) is 5.69 Å². The summed E-state index contributed by atoms with van der Waals surface area (Å²) in [6.45, 7) is 4.39. The summed E-state index contributed by atoms with van der Waals surface area (Å²) in [6.07, 6.45) is 5.44. The van der Waals surface area contributed by atoms with Crippen LogP contribution >= 0.6 is 0 Å². The van der Waals surface area contributed by atoms with Gasteiger partial charge in [0.2, 0.25) is 5.91 Å². The highest BCUT2D eigenvalue weighted by Crippen LogP contribution is 2.43. The number of hydrogen-bond donors (Lipinski definition) is 1. The second kappa shape index (κ2) is 7.05. The zero-order valence-electron chi connectivity index (χ0n) is 16.3. The Labute approximate surface area is 164 Å². The monoisotopic (exact) mass is 382 g/mol. The Morgan fingerprint density at radius 2 is 2.07 bits per heavy atom. The van der Waals surface area contributed by atoms with Crippen molar-refractivity contribution in [1.82, 2.24) is 19.6 Å². The van der Waals surface area contributed by atoms with E-state index in [-0.39, 0.29) is 12.3 Å². The zero-order valence-corrected chi connectivity index (χ0v) is 16.3. The summed E-state index contributed by atoms with van der Waals surface area (Å²) in [4.78, 5) is 27.8. The number of aryl methyl sites for hydroxylation is 1. The molecule has 148 valence electrons. The number of benzene rings is 1. The summed E-state index contributed by atoms with van der Waals surface area (Å²) in [5.74, 6) is -1.51. The maximum absolute atomic E-state index is 12.1. The lowest BCUT2D eigenvalue weighted by Gasteiger charge is -2.45. The Hall–Kier alpha value is -2.67. The molecule has 1 atom stereocenters. The van der Waals surface area contributed by atoms with Crippen LogP contribution in [-0.2, 0) is 16.1 Å². The SMILES string of the molecule is Cc1cccc(-n2cc(CN3CCC4(CC3)[C@H](C(=O)O)CC(=O)N4C)cn2)c1. The number of likely N-dealkylation sites (tertiary alicyclic amines) is 2. The topological polar surface area (TPSA) is 78.7 Å². The first-order valence-corrected chi connectivity index (χ1v) is 9.71. The van der Waals surface area contributed by atoms with Crippen LogP contribution in [-0.4, -0.2) is 62.2 Å². The van der Waals surface area contributed by atoms with Crippen molar-refractivity contribution in [3.63, 3.8) is 0 Å². The lowest BCUT2D eigenvalue weighted by molar-refractivity contribution is -0.146. The molecule has 1 aromatic carbocycles. The predicted molar refractivity (Wildman–Crippen MR) is 104 cm³/mol. The number of carbonyl (C=O) groups is 2. The van der Waals surface area contributed by atoms with E-state index in [2.05, 4.69) is 29.1 Å². The molecule has 0 bridgehead atoms. The van der Waals surface area contributed by atoms with Crippen LogP contribution in [0, 0.1) is 12.8 Å². The van der Waals surface area contributed by atoms with E-state index in [4.69, 9.17) is 0 Å². The third-order valence-corrected chi connectivity index (χ3v) is 6.40. The molecule has 1 N–H and O–H groups in total. The Morgan fingerprint density at radius 3 is 2.75 bits per heavy atom. The van der Waals surface area contributed by atoms with Crippen LogP contribution in [0.4, 0.5) is 0 Å². The Bertz CT molecular complexity index is 899. The molecule has 2 aromatic rings. The van der Waals surface area contributed by atoms with Crippen molar-refractivity contribution in [2.75, 3.05) is 20.1 Å². The van der Waals surface area contributed by atoms with Gasteiger partial charge in [-0.25, -0.2) is 4.68 Å². The van der Waals surface area contributed by atoms with Crippen LogP contribution in [0.25, 0.3) is 5.69 Å². The molecule has 2 aliphatic rings. The summed E-state index contributed by atoms with van der Waals surface area (Å²) in [5, 5.41) is 14.1. The molecule has 0 saturated carbocycles. The molecular formula is C21H26N4O3. The van der Waals surface area contributed by atoms with Crippen molar-refractivity contribution in [1.29, 1.82) is 0 Å². The predicted octanol–water partition coefficient (Wildman–Crippen LogP) is 2.08. The number of aromatic nitrogens is 2. The smallest absolute Gasteiger partial charge is 0.309 e. The zero-order chi connectivity index (χ0) is 19.9. The number of amides is 1. The second-order valence-corrected chi connectivity index (χ2v) is 8.06. The van der Waals surface area contributed by atoms with E-state index < -0.39 is 17.4 Å². The van der Waals surface area contributed by atoms with Gasteiger partial charge in [0, 0.05) is 44.9 Å². The first-order chi connectivity index (χ1) is 13.4. The Morgan fingerprint density at radius 1 is 1.32 bits per heavy atom. The minimum Gasteiger partial charge on any atom is -0.481 e. The fourth-order valence-corrected chi connectivity index (χ4v) is 4.69. The van der Waals surface area contributed by atoms with Gasteiger partial charge in [0.15, 0.2) is 0 Å². The van der Waals surface area contributed by atoms with Crippen LogP contribution in [0.1, 0.15) is 30.4 Å². The van der Waals surface area contributed by atoms with E-state index in [1.54, 1.807) is 11.9 Å². The van der Waals surface area contributed by atoms with E-state index >= 15 is 0 Å². The largest absolute Gasteiger partial charge is 0.481 e. The third kappa shape index (κ3) is 3.20. The van der Waals surface area contributed by atoms with Crippen molar-refractivity contribution in [2.24, 2.45) is 5.92 Å². The minimum atomic E-state index is -0.856. The van der Waals surface area contributed by atoms with Crippen LogP contribution in [0.2, 0.25) is 0 Å². The van der Waals surface area contributed by atoms with Crippen molar-refractivity contribution in [2.45, 2.75) is 38.3 Å². The molecule has 2 fully saturated rings. The van der Waals surface area contributed by atoms with Crippen LogP contribution in [0.5, 0.6) is 0 Å². The molecular weight excluding hydrogens is 356 g/mol. The molecule has 7 heteroatoms. The normalized spacial score (nSPS) is 22.1. The maximum atomic E-state index is 12.1. The van der Waals surface area contributed by atoms with Crippen LogP contribution < -0.4 is 0 Å². The number of carbonyl (C=O) groups excluding carboxylic acids is 1. The van der Waals surface area contributed by atoms with Gasteiger partial charge >= 0.3 is 5.97 Å². The van der Waals surface area contributed by atoms with Gasteiger partial charge < -0.3 is 10.0 Å². The molecule has 1 spiro atoms. The summed E-state index contributed by atoms with van der Waals surface area (Å²) in [7, 11) is 1.76. The quantitative estimate of drug-likeness (QED) is 0.876. The van der Waals surface area contributed by atoms with Gasteiger partial charge in [0.1, 0.15) is 0 Å². The molecule has 1 aromatic heterocycles. The van der Waals surface area contributed by atoms with Crippen molar-refractivity contribution in [3.05, 3.63) is 47.8 Å². The number of nitrogens with zero attached hydrogens (tertiary/aromatic N) is 4. The average molecular weight is 382 g/mol. The summed E-state index contributed by atoms with van der Waals surface area (Å²) < 4.78 is 1.89. The molecule has 4 rings (SSSR count). The van der Waals surface area contributed by atoms with Gasteiger partial charge in [-0.2, -0.15) is 5.10 Å². The molecule has 2 saturated heterocycles. The maximum Gasteiger partial charge on any atom is 0.309 e. The van der Waals surface area contributed by atoms with Gasteiger partial charge in [0.05, 0.1) is 23.3 Å². The fraction of sp³-hybridized carbons (Fsp3) is 0.476. The number of hydrogen-bond acceptors (Lipinski definition) is 4. The third-order valence-electron chi connectivity index (χ3n) is 6.40. The molecule has 2 aliphatic heterocycles. The summed E-state index contributed by atoms with van der Waals surface area (Å²) >= 11 is 0. The number of rotatable bonds is 4.